The van der Waals surface area contributed by atoms with Crippen molar-refractivity contribution in [3.63, 3.8) is 0 Å². The van der Waals surface area contributed by atoms with Gasteiger partial charge in [0.2, 0.25) is 0 Å². The molecule has 1 amide bonds. The van der Waals surface area contributed by atoms with Crippen LogP contribution in [0.15, 0.2) is 24.3 Å². The van der Waals surface area contributed by atoms with Crippen molar-refractivity contribution in [2.45, 2.75) is 19.8 Å². The molecule has 0 unspecified atom stereocenters. The van der Waals surface area contributed by atoms with Crippen molar-refractivity contribution >= 4 is 29.2 Å². The zero-order valence-corrected chi connectivity index (χ0v) is 14.0. The van der Waals surface area contributed by atoms with Crippen LogP contribution in [0, 0.1) is 0 Å². The van der Waals surface area contributed by atoms with E-state index in [9.17, 15) is 9.59 Å². The summed E-state index contributed by atoms with van der Waals surface area (Å²) in [6.45, 7) is 2.01. The van der Waals surface area contributed by atoms with Gasteiger partial charge in [-0.25, -0.2) is 4.79 Å². The normalized spacial score (nSPS) is 10.4. The molecule has 2 aromatic rings. The first-order valence-electron chi connectivity index (χ1n) is 7.19. The number of aromatic nitrogens is 2. The summed E-state index contributed by atoms with van der Waals surface area (Å²) in [5.74, 6) is -0.951. The van der Waals surface area contributed by atoms with Gasteiger partial charge in [-0.1, -0.05) is 37.1 Å². The number of anilines is 1. The maximum absolute atomic E-state index is 12.5. The van der Waals surface area contributed by atoms with Gasteiger partial charge >= 0.3 is 5.97 Å². The van der Waals surface area contributed by atoms with Gasteiger partial charge in [0.05, 0.1) is 29.1 Å². The Hall–Kier alpha value is -2.34. The molecule has 0 bridgehead atoms. The van der Waals surface area contributed by atoms with E-state index in [4.69, 9.17) is 16.3 Å². The average molecular weight is 336 g/mol. The van der Waals surface area contributed by atoms with Crippen molar-refractivity contribution in [2.24, 2.45) is 7.05 Å². The van der Waals surface area contributed by atoms with E-state index < -0.39 is 11.9 Å². The van der Waals surface area contributed by atoms with Crippen LogP contribution < -0.4 is 5.32 Å². The number of hydrogen-bond acceptors (Lipinski definition) is 4. The van der Waals surface area contributed by atoms with E-state index in [0.29, 0.717) is 22.8 Å². The average Bonchev–Trinajstić information content (AvgIpc) is 2.81. The van der Waals surface area contributed by atoms with Gasteiger partial charge in [0, 0.05) is 7.05 Å². The van der Waals surface area contributed by atoms with Crippen LogP contribution in [0.3, 0.4) is 0 Å². The second kappa shape index (κ2) is 7.28. The lowest BCUT2D eigenvalue weighted by Crippen LogP contribution is -2.18. The number of ether oxygens (including phenoxy) is 1. The van der Waals surface area contributed by atoms with E-state index in [1.807, 2.05) is 6.92 Å². The maximum Gasteiger partial charge on any atom is 0.339 e. The Morgan fingerprint density at radius 3 is 2.70 bits per heavy atom. The van der Waals surface area contributed by atoms with Crippen LogP contribution in [-0.2, 0) is 18.2 Å². The van der Waals surface area contributed by atoms with Gasteiger partial charge in [-0.3, -0.25) is 9.48 Å². The number of halogens is 1. The summed E-state index contributed by atoms with van der Waals surface area (Å²) in [6.07, 6.45) is 1.57. The number of nitrogens with one attached hydrogen (secondary N) is 1. The summed E-state index contributed by atoms with van der Waals surface area (Å²) in [5, 5.41) is 7.30. The molecule has 0 atom stereocenters. The standard InChI is InChI=1S/C16H18ClN3O3/c1-4-7-12-13(17)14(20(2)19-12)15(21)18-11-9-6-5-8-10(11)16(22)23-3/h5-6,8-9H,4,7H2,1-3H3,(H,18,21). The monoisotopic (exact) mass is 335 g/mol. The molecule has 0 spiro atoms. The van der Waals surface area contributed by atoms with E-state index in [2.05, 4.69) is 10.4 Å². The number of carbonyl (C=O) groups excluding carboxylic acids is 2. The minimum absolute atomic E-state index is 0.259. The van der Waals surface area contributed by atoms with Gasteiger partial charge in [0.15, 0.2) is 0 Å². The Morgan fingerprint density at radius 1 is 1.35 bits per heavy atom. The third kappa shape index (κ3) is 3.53. The van der Waals surface area contributed by atoms with Crippen molar-refractivity contribution in [1.29, 1.82) is 0 Å². The zero-order chi connectivity index (χ0) is 17.0. The minimum Gasteiger partial charge on any atom is -0.465 e. The zero-order valence-electron chi connectivity index (χ0n) is 13.2. The van der Waals surface area contributed by atoms with E-state index in [0.717, 1.165) is 6.42 Å². The van der Waals surface area contributed by atoms with Crippen molar-refractivity contribution in [3.8, 4) is 0 Å². The predicted molar refractivity (Wildman–Crippen MR) is 87.9 cm³/mol. The lowest BCUT2D eigenvalue weighted by atomic mass is 10.1. The van der Waals surface area contributed by atoms with Crippen LogP contribution in [0.4, 0.5) is 5.69 Å². The third-order valence-electron chi connectivity index (χ3n) is 3.34. The molecule has 122 valence electrons. The van der Waals surface area contributed by atoms with Crippen LogP contribution in [0.1, 0.15) is 39.9 Å². The fourth-order valence-corrected chi connectivity index (χ4v) is 2.60. The largest absolute Gasteiger partial charge is 0.465 e. The Kier molecular flexibility index (Phi) is 5.39. The number of esters is 1. The highest BCUT2D eigenvalue weighted by molar-refractivity contribution is 6.34. The van der Waals surface area contributed by atoms with Crippen molar-refractivity contribution in [3.05, 3.63) is 46.2 Å². The number of rotatable bonds is 5. The van der Waals surface area contributed by atoms with E-state index in [-0.39, 0.29) is 11.3 Å². The second-order valence-electron chi connectivity index (χ2n) is 4.97. The molecule has 0 saturated heterocycles. The summed E-state index contributed by atoms with van der Waals surface area (Å²) < 4.78 is 6.16. The summed E-state index contributed by atoms with van der Waals surface area (Å²) >= 11 is 6.26. The van der Waals surface area contributed by atoms with Gasteiger partial charge in [0.1, 0.15) is 5.69 Å². The molecule has 6 nitrogen and oxygen atoms in total. The fourth-order valence-electron chi connectivity index (χ4n) is 2.26. The van der Waals surface area contributed by atoms with E-state index >= 15 is 0 Å². The number of carbonyl (C=O) groups is 2. The summed E-state index contributed by atoms with van der Waals surface area (Å²) in [5.41, 5.74) is 1.58. The molecule has 0 radical (unpaired) electrons. The molecule has 0 saturated carbocycles. The first kappa shape index (κ1) is 17.0. The highest BCUT2D eigenvalue weighted by atomic mass is 35.5. The number of nitrogens with zero attached hydrogens (tertiary/aromatic N) is 2. The molecular weight excluding hydrogens is 318 g/mol. The maximum atomic E-state index is 12.5. The number of amides is 1. The van der Waals surface area contributed by atoms with Crippen molar-refractivity contribution in [2.75, 3.05) is 12.4 Å². The lowest BCUT2D eigenvalue weighted by molar-refractivity contribution is 0.0602. The van der Waals surface area contributed by atoms with Crippen LogP contribution >= 0.6 is 11.6 Å². The highest BCUT2D eigenvalue weighted by Crippen LogP contribution is 2.24. The Balaban J connectivity index is 2.32. The minimum atomic E-state index is -0.524. The van der Waals surface area contributed by atoms with Crippen LogP contribution in [0.2, 0.25) is 5.02 Å². The van der Waals surface area contributed by atoms with Gasteiger partial charge in [-0.2, -0.15) is 5.10 Å². The quantitative estimate of drug-likeness (QED) is 0.852. The molecule has 2 rings (SSSR count). The molecular formula is C16H18ClN3O3. The Labute approximate surface area is 139 Å². The number of methoxy groups -OCH3 is 1. The molecule has 0 aliphatic rings. The fraction of sp³-hybridized carbons (Fsp3) is 0.312. The SMILES string of the molecule is CCCc1nn(C)c(C(=O)Nc2ccccc2C(=O)OC)c1Cl. The van der Waals surface area contributed by atoms with Crippen molar-refractivity contribution in [1.82, 2.24) is 9.78 Å². The topological polar surface area (TPSA) is 73.2 Å². The lowest BCUT2D eigenvalue weighted by Gasteiger charge is -2.09. The van der Waals surface area contributed by atoms with E-state index in [1.54, 1.807) is 31.3 Å². The molecule has 1 aromatic heterocycles. The van der Waals surface area contributed by atoms with Crippen LogP contribution in [-0.4, -0.2) is 28.8 Å². The number of hydrogen-bond donors (Lipinski definition) is 1. The predicted octanol–water partition coefficient (Wildman–Crippen LogP) is 3.06. The second-order valence-corrected chi connectivity index (χ2v) is 5.35. The first-order valence-corrected chi connectivity index (χ1v) is 7.57. The molecule has 0 aliphatic carbocycles. The first-order chi connectivity index (χ1) is 11.0. The molecule has 0 aliphatic heterocycles. The molecule has 1 heterocycles. The summed E-state index contributed by atoms with van der Waals surface area (Å²) in [6, 6.07) is 6.62. The van der Waals surface area contributed by atoms with E-state index in [1.165, 1.54) is 11.8 Å². The Bertz CT molecular complexity index is 740. The van der Waals surface area contributed by atoms with Crippen LogP contribution in [0.5, 0.6) is 0 Å². The third-order valence-corrected chi connectivity index (χ3v) is 3.74. The molecule has 23 heavy (non-hydrogen) atoms. The van der Waals surface area contributed by atoms with Crippen LogP contribution in [0.25, 0.3) is 0 Å². The van der Waals surface area contributed by atoms with Gasteiger partial charge in [-0.05, 0) is 18.6 Å². The smallest absolute Gasteiger partial charge is 0.339 e. The molecule has 1 N–H and O–H groups in total. The van der Waals surface area contributed by atoms with Gasteiger partial charge < -0.3 is 10.1 Å². The number of para-hydroxylation sites is 1. The molecule has 1 aromatic carbocycles. The summed E-state index contributed by atoms with van der Waals surface area (Å²) in [4.78, 5) is 24.3. The summed E-state index contributed by atoms with van der Waals surface area (Å²) in [7, 11) is 2.95. The Morgan fingerprint density at radius 2 is 2.04 bits per heavy atom. The highest BCUT2D eigenvalue weighted by Gasteiger charge is 2.22. The van der Waals surface area contributed by atoms with Gasteiger partial charge in [-0.15, -0.1) is 0 Å². The molecule has 7 heteroatoms. The van der Waals surface area contributed by atoms with Gasteiger partial charge in [0.25, 0.3) is 5.91 Å². The van der Waals surface area contributed by atoms with Crippen molar-refractivity contribution < 1.29 is 14.3 Å². The molecule has 0 fully saturated rings. The number of benzene rings is 1. The number of aryl methyl sites for hydroxylation is 2.